The molecule has 1 amide bonds. The lowest BCUT2D eigenvalue weighted by molar-refractivity contribution is -0.122. The van der Waals surface area contributed by atoms with Crippen LogP contribution in [0.15, 0.2) is 59.5 Å². The van der Waals surface area contributed by atoms with Gasteiger partial charge in [0.05, 0.1) is 4.90 Å². The molecule has 0 aliphatic carbocycles. The Morgan fingerprint density at radius 2 is 1.65 bits per heavy atom. The van der Waals surface area contributed by atoms with E-state index < -0.39 is 16.1 Å². The van der Waals surface area contributed by atoms with Crippen molar-refractivity contribution in [2.75, 3.05) is 6.54 Å². The van der Waals surface area contributed by atoms with Crippen LogP contribution >= 0.6 is 11.6 Å². The fourth-order valence-electron chi connectivity index (χ4n) is 2.33. The standard InChI is InChI=1S/C19H23ClN2O3S/c1-14(2)13-21-19(23)18(12-15-6-4-3-5-7-15)22-26(24,25)17-10-8-16(20)9-11-17/h3-11,14,18,22H,12-13H2,1-2H3,(H,21,23)/t18-/m0/s1. The number of hydrogen-bond acceptors (Lipinski definition) is 3. The van der Waals surface area contributed by atoms with Crippen LogP contribution < -0.4 is 10.0 Å². The largest absolute Gasteiger partial charge is 0.354 e. The third-order valence-corrected chi connectivity index (χ3v) is 5.44. The summed E-state index contributed by atoms with van der Waals surface area (Å²) in [6, 6.07) is 14.2. The summed E-state index contributed by atoms with van der Waals surface area (Å²) >= 11 is 5.82. The van der Waals surface area contributed by atoms with E-state index in [1.54, 1.807) is 0 Å². The molecule has 0 saturated heterocycles. The van der Waals surface area contributed by atoms with Crippen LogP contribution in [0.2, 0.25) is 5.02 Å². The van der Waals surface area contributed by atoms with E-state index in [-0.39, 0.29) is 23.1 Å². The fourth-order valence-corrected chi connectivity index (χ4v) is 3.66. The van der Waals surface area contributed by atoms with Crippen molar-refractivity contribution < 1.29 is 13.2 Å². The molecule has 26 heavy (non-hydrogen) atoms. The number of benzene rings is 2. The van der Waals surface area contributed by atoms with Crippen LogP contribution in [0.1, 0.15) is 19.4 Å². The van der Waals surface area contributed by atoms with Crippen LogP contribution in [0.25, 0.3) is 0 Å². The zero-order chi connectivity index (χ0) is 19.2. The SMILES string of the molecule is CC(C)CNC(=O)[C@H](Cc1ccccc1)NS(=O)(=O)c1ccc(Cl)cc1. The van der Waals surface area contributed by atoms with Gasteiger partial charge in [-0.15, -0.1) is 0 Å². The van der Waals surface area contributed by atoms with Gasteiger partial charge in [0.1, 0.15) is 6.04 Å². The summed E-state index contributed by atoms with van der Waals surface area (Å²) in [5.41, 5.74) is 0.871. The molecule has 0 spiro atoms. The lowest BCUT2D eigenvalue weighted by Gasteiger charge is -2.19. The quantitative estimate of drug-likeness (QED) is 0.722. The second-order valence-electron chi connectivity index (χ2n) is 6.46. The van der Waals surface area contributed by atoms with E-state index in [0.29, 0.717) is 11.6 Å². The van der Waals surface area contributed by atoms with Crippen molar-refractivity contribution in [1.82, 2.24) is 10.0 Å². The highest BCUT2D eigenvalue weighted by Gasteiger charge is 2.26. The van der Waals surface area contributed by atoms with E-state index >= 15 is 0 Å². The molecule has 0 unspecified atom stereocenters. The molecule has 0 aliphatic rings. The summed E-state index contributed by atoms with van der Waals surface area (Å²) in [4.78, 5) is 12.6. The second kappa shape index (κ2) is 9.16. The Hall–Kier alpha value is -1.89. The Morgan fingerprint density at radius 3 is 2.23 bits per heavy atom. The molecule has 7 heteroatoms. The van der Waals surface area contributed by atoms with Crippen LogP contribution in [0.5, 0.6) is 0 Å². The molecule has 2 aromatic rings. The van der Waals surface area contributed by atoms with Gasteiger partial charge in [-0.3, -0.25) is 4.79 Å². The molecule has 0 heterocycles. The van der Waals surface area contributed by atoms with E-state index in [1.165, 1.54) is 24.3 Å². The third kappa shape index (κ3) is 6.12. The predicted octanol–water partition coefficient (Wildman–Crippen LogP) is 3.00. The number of halogens is 1. The summed E-state index contributed by atoms with van der Waals surface area (Å²) in [7, 11) is -3.85. The highest BCUT2D eigenvalue weighted by atomic mass is 35.5. The highest BCUT2D eigenvalue weighted by Crippen LogP contribution is 2.15. The lowest BCUT2D eigenvalue weighted by atomic mass is 10.1. The van der Waals surface area contributed by atoms with Gasteiger partial charge in [-0.2, -0.15) is 4.72 Å². The molecule has 140 valence electrons. The normalized spacial score (nSPS) is 12.8. The summed E-state index contributed by atoms with van der Waals surface area (Å²) in [5, 5.41) is 3.24. The first-order valence-corrected chi connectivity index (χ1v) is 10.2. The van der Waals surface area contributed by atoms with Gasteiger partial charge in [0, 0.05) is 11.6 Å². The van der Waals surface area contributed by atoms with Crippen molar-refractivity contribution in [1.29, 1.82) is 0 Å². The number of sulfonamides is 1. The number of rotatable bonds is 8. The van der Waals surface area contributed by atoms with Crippen molar-refractivity contribution in [3.05, 3.63) is 65.2 Å². The molecule has 0 bridgehead atoms. The van der Waals surface area contributed by atoms with Crippen molar-refractivity contribution in [2.24, 2.45) is 5.92 Å². The van der Waals surface area contributed by atoms with Crippen molar-refractivity contribution >= 4 is 27.5 Å². The first-order valence-electron chi connectivity index (χ1n) is 8.37. The van der Waals surface area contributed by atoms with Gasteiger partial charge in [0.2, 0.25) is 15.9 Å². The summed E-state index contributed by atoms with van der Waals surface area (Å²) in [5.74, 6) is -0.0794. The van der Waals surface area contributed by atoms with E-state index in [4.69, 9.17) is 11.6 Å². The van der Waals surface area contributed by atoms with Crippen molar-refractivity contribution in [3.8, 4) is 0 Å². The Balaban J connectivity index is 2.21. The maximum atomic E-state index is 12.7. The van der Waals surface area contributed by atoms with Gasteiger partial charge >= 0.3 is 0 Å². The van der Waals surface area contributed by atoms with Crippen LogP contribution in [0.3, 0.4) is 0 Å². The molecule has 2 aromatic carbocycles. The maximum absolute atomic E-state index is 12.7. The molecule has 1 atom stereocenters. The van der Waals surface area contributed by atoms with Crippen LogP contribution in [-0.2, 0) is 21.2 Å². The third-order valence-electron chi connectivity index (χ3n) is 3.71. The monoisotopic (exact) mass is 394 g/mol. The van der Waals surface area contributed by atoms with Gasteiger partial charge in [-0.25, -0.2) is 8.42 Å². The molecule has 0 fully saturated rings. The molecule has 5 nitrogen and oxygen atoms in total. The minimum Gasteiger partial charge on any atom is -0.354 e. The van der Waals surface area contributed by atoms with Crippen LogP contribution in [-0.4, -0.2) is 26.9 Å². The average molecular weight is 395 g/mol. The number of amides is 1. The topological polar surface area (TPSA) is 75.3 Å². The van der Waals surface area contributed by atoms with Crippen LogP contribution in [0.4, 0.5) is 0 Å². The lowest BCUT2D eigenvalue weighted by Crippen LogP contribution is -2.48. The molecular formula is C19H23ClN2O3S. The van der Waals surface area contributed by atoms with Gasteiger partial charge < -0.3 is 5.32 Å². The predicted molar refractivity (Wildman–Crippen MR) is 104 cm³/mol. The molecule has 0 aromatic heterocycles. The number of carbonyl (C=O) groups is 1. The fraction of sp³-hybridized carbons (Fsp3) is 0.316. The molecule has 0 aliphatic heterocycles. The zero-order valence-corrected chi connectivity index (χ0v) is 16.3. The second-order valence-corrected chi connectivity index (χ2v) is 8.61. The molecule has 2 N–H and O–H groups in total. The Bertz CT molecular complexity index is 822. The average Bonchev–Trinajstić information content (AvgIpc) is 2.60. The first kappa shape index (κ1) is 20.4. The molecule has 0 radical (unpaired) electrons. The summed E-state index contributed by atoms with van der Waals surface area (Å²) in [6.07, 6.45) is 0.261. The van der Waals surface area contributed by atoms with Gasteiger partial charge in [-0.1, -0.05) is 55.8 Å². The van der Waals surface area contributed by atoms with E-state index in [0.717, 1.165) is 5.56 Å². The molecule has 0 saturated carbocycles. The van der Waals surface area contributed by atoms with Gasteiger partial charge in [-0.05, 0) is 42.2 Å². The van der Waals surface area contributed by atoms with Crippen molar-refractivity contribution in [3.63, 3.8) is 0 Å². The Labute approximate surface area is 159 Å². The number of hydrogen-bond donors (Lipinski definition) is 2. The minimum atomic E-state index is -3.85. The zero-order valence-electron chi connectivity index (χ0n) is 14.8. The number of carbonyl (C=O) groups excluding carboxylic acids is 1. The van der Waals surface area contributed by atoms with E-state index in [1.807, 2.05) is 44.2 Å². The smallest absolute Gasteiger partial charge is 0.241 e. The summed E-state index contributed by atoms with van der Waals surface area (Å²) in [6.45, 7) is 4.43. The molecular weight excluding hydrogens is 372 g/mol. The van der Waals surface area contributed by atoms with Crippen LogP contribution in [0, 0.1) is 5.92 Å². The highest BCUT2D eigenvalue weighted by molar-refractivity contribution is 7.89. The summed E-state index contributed by atoms with van der Waals surface area (Å²) < 4.78 is 27.8. The Morgan fingerprint density at radius 1 is 1.04 bits per heavy atom. The molecule has 2 rings (SSSR count). The Kier molecular flexibility index (Phi) is 7.20. The maximum Gasteiger partial charge on any atom is 0.241 e. The first-order chi connectivity index (χ1) is 12.3. The number of nitrogens with one attached hydrogen (secondary N) is 2. The van der Waals surface area contributed by atoms with E-state index in [9.17, 15) is 13.2 Å². The van der Waals surface area contributed by atoms with Gasteiger partial charge in [0.25, 0.3) is 0 Å². The van der Waals surface area contributed by atoms with Gasteiger partial charge in [0.15, 0.2) is 0 Å². The minimum absolute atomic E-state index is 0.0663. The van der Waals surface area contributed by atoms with Crippen molar-refractivity contribution in [2.45, 2.75) is 31.2 Å². The van der Waals surface area contributed by atoms with E-state index in [2.05, 4.69) is 10.0 Å².